The van der Waals surface area contributed by atoms with Crippen molar-refractivity contribution in [2.45, 2.75) is 39.8 Å². The molecular weight excluding hydrogens is 178 g/mol. The first kappa shape index (κ1) is 13.9. The van der Waals surface area contributed by atoms with E-state index >= 15 is 0 Å². The molecule has 0 aliphatic carbocycles. The van der Waals surface area contributed by atoms with Crippen molar-refractivity contribution in [3.05, 3.63) is 0 Å². The summed E-state index contributed by atoms with van der Waals surface area (Å²) < 4.78 is 10.9. The summed E-state index contributed by atoms with van der Waals surface area (Å²) >= 11 is 0. The van der Waals surface area contributed by atoms with Crippen molar-refractivity contribution in [3.63, 3.8) is 0 Å². The predicted molar refractivity (Wildman–Crippen MR) is 59.6 cm³/mol. The molecule has 0 rings (SSSR count). The van der Waals surface area contributed by atoms with Gasteiger partial charge in [-0.05, 0) is 19.4 Å². The molecule has 0 saturated heterocycles. The van der Waals surface area contributed by atoms with E-state index in [1.54, 1.807) is 7.11 Å². The van der Waals surface area contributed by atoms with Crippen LogP contribution in [-0.2, 0) is 9.47 Å². The van der Waals surface area contributed by atoms with E-state index < -0.39 is 0 Å². The van der Waals surface area contributed by atoms with E-state index in [-0.39, 0.29) is 17.6 Å². The van der Waals surface area contributed by atoms with Crippen LogP contribution in [-0.4, -0.2) is 39.5 Å². The topological polar surface area (TPSA) is 30.5 Å². The van der Waals surface area contributed by atoms with E-state index in [1.165, 1.54) is 0 Å². The Labute approximate surface area is 88.2 Å². The van der Waals surface area contributed by atoms with Gasteiger partial charge in [-0.1, -0.05) is 20.8 Å². The molecule has 1 N–H and O–H groups in total. The highest BCUT2D eigenvalue weighted by atomic mass is 16.5. The van der Waals surface area contributed by atoms with Gasteiger partial charge in [-0.25, -0.2) is 0 Å². The summed E-state index contributed by atoms with van der Waals surface area (Å²) in [6, 6.07) is 0.250. The van der Waals surface area contributed by atoms with E-state index in [9.17, 15) is 0 Å². The quantitative estimate of drug-likeness (QED) is 0.712. The maximum atomic E-state index is 5.77. The van der Waals surface area contributed by atoms with Crippen LogP contribution in [0.2, 0.25) is 0 Å². The van der Waals surface area contributed by atoms with Gasteiger partial charge in [0.1, 0.15) is 0 Å². The second-order valence-electron chi connectivity index (χ2n) is 4.59. The molecular formula is C11H25NO2. The van der Waals surface area contributed by atoms with Gasteiger partial charge in [0, 0.05) is 13.7 Å². The largest absolute Gasteiger partial charge is 0.383 e. The average molecular weight is 203 g/mol. The number of ether oxygens (including phenoxy) is 2. The zero-order chi connectivity index (χ0) is 11.2. The highest BCUT2D eigenvalue weighted by Gasteiger charge is 2.31. The molecule has 0 heterocycles. The van der Waals surface area contributed by atoms with Crippen LogP contribution in [0.25, 0.3) is 0 Å². The number of hydrogen-bond acceptors (Lipinski definition) is 3. The lowest BCUT2D eigenvalue weighted by molar-refractivity contribution is -0.0494. The zero-order valence-electron chi connectivity index (χ0n) is 10.4. The van der Waals surface area contributed by atoms with Crippen LogP contribution in [0.15, 0.2) is 0 Å². The van der Waals surface area contributed by atoms with Crippen molar-refractivity contribution in [3.8, 4) is 0 Å². The summed E-state index contributed by atoms with van der Waals surface area (Å²) in [5.74, 6) is 0. The number of methoxy groups -OCH3 is 1. The second kappa shape index (κ2) is 6.38. The monoisotopic (exact) mass is 203 g/mol. The molecule has 3 heteroatoms. The van der Waals surface area contributed by atoms with E-state index in [0.29, 0.717) is 6.61 Å². The molecule has 86 valence electrons. The van der Waals surface area contributed by atoms with Crippen LogP contribution < -0.4 is 5.32 Å². The molecule has 3 nitrogen and oxygen atoms in total. The Bertz CT molecular complexity index is 143. The minimum Gasteiger partial charge on any atom is -0.383 e. The number of nitrogens with one attached hydrogen (secondary N) is 1. The fraction of sp³-hybridized carbons (Fsp3) is 1.00. The molecule has 0 saturated carbocycles. The molecule has 0 bridgehead atoms. The normalized spacial score (nSPS) is 16.7. The Balaban J connectivity index is 4.43. The lowest BCUT2D eigenvalue weighted by Crippen LogP contribution is -2.49. The number of likely N-dealkylation sites (N-methyl/N-ethyl adjacent to an activating group) is 1. The van der Waals surface area contributed by atoms with Gasteiger partial charge in [-0.2, -0.15) is 0 Å². The van der Waals surface area contributed by atoms with E-state index in [2.05, 4.69) is 26.1 Å². The van der Waals surface area contributed by atoms with Gasteiger partial charge in [0.05, 0.1) is 18.8 Å². The fourth-order valence-electron chi connectivity index (χ4n) is 1.65. The fourth-order valence-corrected chi connectivity index (χ4v) is 1.65. The highest BCUT2D eigenvalue weighted by molar-refractivity contribution is 4.85. The van der Waals surface area contributed by atoms with Crippen molar-refractivity contribution in [1.82, 2.24) is 5.32 Å². The van der Waals surface area contributed by atoms with Crippen LogP contribution in [0.5, 0.6) is 0 Å². The molecule has 0 amide bonds. The first-order valence-corrected chi connectivity index (χ1v) is 5.25. The van der Waals surface area contributed by atoms with Crippen LogP contribution in [0.3, 0.4) is 0 Å². The van der Waals surface area contributed by atoms with Crippen molar-refractivity contribution in [2.24, 2.45) is 5.41 Å². The third-order valence-corrected chi connectivity index (χ3v) is 2.28. The van der Waals surface area contributed by atoms with Gasteiger partial charge in [-0.3, -0.25) is 0 Å². The maximum Gasteiger partial charge on any atom is 0.0798 e. The Morgan fingerprint density at radius 3 is 2.14 bits per heavy atom. The van der Waals surface area contributed by atoms with Gasteiger partial charge in [-0.15, -0.1) is 0 Å². The SMILES string of the molecule is CCOC(C(COC)NC)C(C)(C)C. The first-order chi connectivity index (χ1) is 6.47. The summed E-state index contributed by atoms with van der Waals surface area (Å²) in [7, 11) is 3.66. The van der Waals surface area contributed by atoms with Crippen LogP contribution >= 0.6 is 0 Å². The molecule has 2 atom stereocenters. The van der Waals surface area contributed by atoms with Crippen LogP contribution in [0.4, 0.5) is 0 Å². The molecule has 0 aromatic carbocycles. The summed E-state index contributed by atoms with van der Waals surface area (Å²) in [6.07, 6.45) is 0.178. The highest BCUT2D eigenvalue weighted by Crippen LogP contribution is 2.25. The standard InChI is InChI=1S/C11H25NO2/c1-7-14-10(11(2,3)4)9(12-5)8-13-6/h9-10,12H,7-8H2,1-6H3. The average Bonchev–Trinajstić information content (AvgIpc) is 2.09. The minimum absolute atomic E-state index is 0.127. The van der Waals surface area contributed by atoms with E-state index in [1.807, 2.05) is 14.0 Å². The lowest BCUT2D eigenvalue weighted by Gasteiger charge is -2.36. The molecule has 0 aliphatic heterocycles. The zero-order valence-corrected chi connectivity index (χ0v) is 10.4. The Morgan fingerprint density at radius 1 is 1.29 bits per heavy atom. The smallest absolute Gasteiger partial charge is 0.0798 e. The number of rotatable bonds is 6. The molecule has 0 aromatic rings. The molecule has 0 fully saturated rings. The molecule has 14 heavy (non-hydrogen) atoms. The van der Waals surface area contributed by atoms with Gasteiger partial charge in [0.25, 0.3) is 0 Å². The molecule has 0 spiro atoms. The Hall–Kier alpha value is -0.120. The van der Waals surface area contributed by atoms with E-state index in [0.717, 1.165) is 6.61 Å². The van der Waals surface area contributed by atoms with Gasteiger partial charge >= 0.3 is 0 Å². The molecule has 0 aromatic heterocycles. The Morgan fingerprint density at radius 2 is 1.86 bits per heavy atom. The van der Waals surface area contributed by atoms with Gasteiger partial charge < -0.3 is 14.8 Å². The first-order valence-electron chi connectivity index (χ1n) is 5.25. The molecule has 0 radical (unpaired) electrons. The lowest BCUT2D eigenvalue weighted by atomic mass is 9.84. The maximum absolute atomic E-state index is 5.77. The minimum atomic E-state index is 0.127. The summed E-state index contributed by atoms with van der Waals surface area (Å²) in [5.41, 5.74) is 0.127. The number of hydrogen-bond donors (Lipinski definition) is 1. The third-order valence-electron chi connectivity index (χ3n) is 2.28. The van der Waals surface area contributed by atoms with E-state index in [4.69, 9.17) is 9.47 Å². The molecule has 0 aliphatic rings. The van der Waals surface area contributed by atoms with Crippen LogP contribution in [0, 0.1) is 5.41 Å². The second-order valence-corrected chi connectivity index (χ2v) is 4.59. The predicted octanol–water partition coefficient (Wildman–Crippen LogP) is 1.67. The van der Waals surface area contributed by atoms with Crippen molar-refractivity contribution in [1.29, 1.82) is 0 Å². The third kappa shape index (κ3) is 4.40. The van der Waals surface area contributed by atoms with Gasteiger partial charge in [0.2, 0.25) is 0 Å². The molecule has 2 unspecified atom stereocenters. The van der Waals surface area contributed by atoms with Crippen LogP contribution in [0.1, 0.15) is 27.7 Å². The summed E-state index contributed by atoms with van der Waals surface area (Å²) in [6.45, 7) is 10.0. The Kier molecular flexibility index (Phi) is 6.33. The van der Waals surface area contributed by atoms with Crippen molar-refractivity contribution >= 4 is 0 Å². The summed E-state index contributed by atoms with van der Waals surface area (Å²) in [4.78, 5) is 0. The summed E-state index contributed by atoms with van der Waals surface area (Å²) in [5, 5.41) is 3.24. The van der Waals surface area contributed by atoms with Gasteiger partial charge in [0.15, 0.2) is 0 Å². The van der Waals surface area contributed by atoms with Crippen molar-refractivity contribution < 1.29 is 9.47 Å². The van der Waals surface area contributed by atoms with Crippen molar-refractivity contribution in [2.75, 3.05) is 27.4 Å².